The molecule has 0 aliphatic carbocycles. The minimum atomic E-state index is -0.514. The van der Waals surface area contributed by atoms with Crippen LogP contribution in [0.2, 0.25) is 0 Å². The van der Waals surface area contributed by atoms with Crippen molar-refractivity contribution in [3.8, 4) is 0 Å². The van der Waals surface area contributed by atoms with Crippen LogP contribution in [0.15, 0.2) is 17.0 Å². The molecule has 0 fully saturated rings. The molecule has 0 unspecified atom stereocenters. The molecule has 1 rings (SSSR count). The van der Waals surface area contributed by atoms with Gasteiger partial charge in [0.1, 0.15) is 6.54 Å². The molecule has 0 aromatic carbocycles. The number of hydrogen-bond acceptors (Lipinski definition) is 4. The topological polar surface area (TPSA) is 111 Å². The lowest BCUT2D eigenvalue weighted by Gasteiger charge is -2.05. The van der Waals surface area contributed by atoms with Crippen LogP contribution in [0, 0.1) is 10.1 Å². The van der Waals surface area contributed by atoms with Gasteiger partial charge in [0.15, 0.2) is 0 Å². The van der Waals surface area contributed by atoms with Gasteiger partial charge in [0.25, 0.3) is 0 Å². The Balaban J connectivity index is 2.75. The molecule has 0 aromatic rings. The first-order valence-electron chi connectivity index (χ1n) is 3.33. The fraction of sp³-hybridized carbons (Fsp3) is 0.400. The predicted octanol–water partition coefficient (Wildman–Crippen LogP) is -1.00. The van der Waals surface area contributed by atoms with E-state index in [1.54, 1.807) is 0 Å². The van der Waals surface area contributed by atoms with Crippen LogP contribution in [-0.2, 0) is 0 Å². The minimum Gasteiger partial charge on any atom is -0.367 e. The van der Waals surface area contributed by atoms with Crippen molar-refractivity contribution in [2.75, 3.05) is 6.54 Å². The number of nitrogens with two attached hydrogens (primary N) is 2. The van der Waals surface area contributed by atoms with E-state index in [1.165, 1.54) is 11.1 Å². The molecule has 0 atom stereocenters. The van der Waals surface area contributed by atoms with Gasteiger partial charge in [0.2, 0.25) is 5.96 Å². The molecule has 0 spiro atoms. The summed E-state index contributed by atoms with van der Waals surface area (Å²) in [4.78, 5) is 9.82. The molecule has 0 amide bonds. The zero-order valence-electron chi connectivity index (χ0n) is 6.30. The van der Waals surface area contributed by atoms with Crippen LogP contribution < -0.4 is 11.5 Å². The first-order valence-corrected chi connectivity index (χ1v) is 3.33. The second-order valence-corrected chi connectivity index (χ2v) is 2.26. The predicted molar refractivity (Wildman–Crippen MR) is 42.2 cm³/mol. The highest BCUT2D eigenvalue weighted by Gasteiger charge is 2.25. The SMILES string of the molecule is NC(N)=NN1CCC=C1[N+](=O)[O-]. The molecule has 66 valence electrons. The van der Waals surface area contributed by atoms with E-state index in [2.05, 4.69) is 5.10 Å². The average molecular weight is 171 g/mol. The van der Waals surface area contributed by atoms with Gasteiger partial charge in [-0.05, 0) is 10.0 Å². The molecule has 7 heteroatoms. The minimum absolute atomic E-state index is 0.0663. The van der Waals surface area contributed by atoms with Crippen LogP contribution in [0.1, 0.15) is 6.42 Å². The molecule has 0 bridgehead atoms. The molecule has 1 aliphatic rings. The molecular weight excluding hydrogens is 162 g/mol. The summed E-state index contributed by atoms with van der Waals surface area (Å²) in [7, 11) is 0. The molecule has 0 radical (unpaired) electrons. The Hall–Kier alpha value is -1.79. The lowest BCUT2D eigenvalue weighted by Crippen LogP contribution is -2.29. The van der Waals surface area contributed by atoms with Crippen molar-refractivity contribution in [3.63, 3.8) is 0 Å². The van der Waals surface area contributed by atoms with E-state index in [0.29, 0.717) is 13.0 Å². The fourth-order valence-corrected chi connectivity index (χ4v) is 0.945. The van der Waals surface area contributed by atoms with E-state index in [4.69, 9.17) is 11.5 Å². The van der Waals surface area contributed by atoms with Gasteiger partial charge in [0, 0.05) is 12.5 Å². The van der Waals surface area contributed by atoms with Crippen molar-refractivity contribution in [1.82, 2.24) is 5.01 Å². The molecule has 1 heterocycles. The summed E-state index contributed by atoms with van der Waals surface area (Å²) in [5, 5.41) is 15.1. The van der Waals surface area contributed by atoms with Crippen molar-refractivity contribution >= 4 is 5.96 Å². The Labute approximate surface area is 68.5 Å². The molecule has 12 heavy (non-hydrogen) atoms. The van der Waals surface area contributed by atoms with Crippen molar-refractivity contribution < 1.29 is 4.92 Å². The molecule has 0 aromatic heterocycles. The van der Waals surface area contributed by atoms with Gasteiger partial charge in [-0.1, -0.05) is 0 Å². The van der Waals surface area contributed by atoms with E-state index in [-0.39, 0.29) is 11.8 Å². The fourth-order valence-electron chi connectivity index (χ4n) is 0.945. The Morgan fingerprint density at radius 1 is 1.75 bits per heavy atom. The van der Waals surface area contributed by atoms with E-state index in [0.717, 1.165) is 0 Å². The summed E-state index contributed by atoms with van der Waals surface area (Å²) in [5.74, 6) is -0.243. The maximum absolute atomic E-state index is 10.3. The molecular formula is C5H9N5O2. The number of rotatable bonds is 2. The summed E-state index contributed by atoms with van der Waals surface area (Å²) in [6.45, 7) is 0.453. The summed E-state index contributed by atoms with van der Waals surface area (Å²) >= 11 is 0. The Morgan fingerprint density at radius 3 is 2.92 bits per heavy atom. The van der Waals surface area contributed by atoms with Crippen LogP contribution >= 0.6 is 0 Å². The monoisotopic (exact) mass is 171 g/mol. The third-order valence-electron chi connectivity index (χ3n) is 1.36. The highest BCUT2D eigenvalue weighted by molar-refractivity contribution is 5.75. The molecule has 4 N–H and O–H groups in total. The third-order valence-corrected chi connectivity index (χ3v) is 1.36. The molecule has 1 aliphatic heterocycles. The van der Waals surface area contributed by atoms with E-state index < -0.39 is 4.92 Å². The quantitative estimate of drug-likeness (QED) is 0.239. The largest absolute Gasteiger partial charge is 0.367 e. The number of guanidine groups is 1. The maximum Gasteiger partial charge on any atom is 0.339 e. The van der Waals surface area contributed by atoms with Gasteiger partial charge < -0.3 is 21.6 Å². The second kappa shape index (κ2) is 3.07. The summed E-state index contributed by atoms with van der Waals surface area (Å²) < 4.78 is 0. The van der Waals surface area contributed by atoms with Gasteiger partial charge in [-0.25, -0.2) is 0 Å². The molecule has 0 saturated heterocycles. The zero-order chi connectivity index (χ0) is 9.14. The van der Waals surface area contributed by atoms with Crippen molar-refractivity contribution in [2.24, 2.45) is 16.6 Å². The first kappa shape index (κ1) is 8.31. The number of hydrazone groups is 1. The van der Waals surface area contributed by atoms with Crippen LogP contribution in [-0.4, -0.2) is 22.4 Å². The normalized spacial score (nSPS) is 15.7. The highest BCUT2D eigenvalue weighted by Crippen LogP contribution is 2.14. The van der Waals surface area contributed by atoms with Gasteiger partial charge in [-0.15, -0.1) is 5.01 Å². The van der Waals surface area contributed by atoms with Gasteiger partial charge in [0.05, 0.1) is 0 Å². The number of nitrogens with zero attached hydrogens (tertiary/aromatic N) is 3. The van der Waals surface area contributed by atoms with Crippen LogP contribution in [0.25, 0.3) is 0 Å². The van der Waals surface area contributed by atoms with E-state index in [1.807, 2.05) is 0 Å². The Kier molecular flexibility index (Phi) is 2.13. The Morgan fingerprint density at radius 2 is 2.42 bits per heavy atom. The number of hydrogen-bond donors (Lipinski definition) is 2. The van der Waals surface area contributed by atoms with Crippen molar-refractivity contribution in [2.45, 2.75) is 6.42 Å². The maximum atomic E-state index is 10.3. The van der Waals surface area contributed by atoms with Crippen molar-refractivity contribution in [1.29, 1.82) is 0 Å². The standard InChI is InChI=1S/C5H9N5O2/c6-5(7)8-9-3-1-2-4(9)10(11)12/h2H,1,3H2,(H4,6,7,8). The lowest BCUT2D eigenvalue weighted by atomic mass is 10.5. The van der Waals surface area contributed by atoms with Crippen molar-refractivity contribution in [3.05, 3.63) is 22.0 Å². The molecule has 0 saturated carbocycles. The lowest BCUT2D eigenvalue weighted by molar-refractivity contribution is -0.444. The van der Waals surface area contributed by atoms with E-state index >= 15 is 0 Å². The third kappa shape index (κ3) is 1.62. The van der Waals surface area contributed by atoms with Crippen LogP contribution in [0.3, 0.4) is 0 Å². The van der Waals surface area contributed by atoms with Crippen LogP contribution in [0.4, 0.5) is 0 Å². The van der Waals surface area contributed by atoms with Gasteiger partial charge in [-0.3, -0.25) is 0 Å². The number of nitro groups is 1. The smallest absolute Gasteiger partial charge is 0.339 e. The first-order chi connectivity index (χ1) is 5.61. The van der Waals surface area contributed by atoms with Gasteiger partial charge >= 0.3 is 5.82 Å². The Bertz CT molecular complexity index is 255. The molecule has 7 nitrogen and oxygen atoms in total. The summed E-state index contributed by atoms with van der Waals surface area (Å²) in [6.07, 6.45) is 2.07. The average Bonchev–Trinajstić information content (AvgIpc) is 2.33. The summed E-state index contributed by atoms with van der Waals surface area (Å²) in [5.41, 5.74) is 10.1. The van der Waals surface area contributed by atoms with E-state index in [9.17, 15) is 10.1 Å². The zero-order valence-corrected chi connectivity index (χ0v) is 6.30. The van der Waals surface area contributed by atoms with Crippen LogP contribution in [0.5, 0.6) is 0 Å². The second-order valence-electron chi connectivity index (χ2n) is 2.26. The van der Waals surface area contributed by atoms with Gasteiger partial charge in [-0.2, -0.15) is 0 Å². The summed E-state index contributed by atoms with van der Waals surface area (Å²) in [6, 6.07) is 0. The highest BCUT2D eigenvalue weighted by atomic mass is 16.6.